The maximum Gasteiger partial charge on any atom is 0.306 e. The number of hydrogen-bond acceptors (Lipinski definition) is 5. The van der Waals surface area contributed by atoms with Gasteiger partial charge in [0.25, 0.3) is 0 Å². The van der Waals surface area contributed by atoms with Gasteiger partial charge in [0.1, 0.15) is 0 Å². The van der Waals surface area contributed by atoms with Crippen molar-refractivity contribution in [3.05, 3.63) is 38.0 Å². The van der Waals surface area contributed by atoms with Gasteiger partial charge in [-0.05, 0) is 13.8 Å². The molecule has 2 aromatic heterocycles. The van der Waals surface area contributed by atoms with Crippen molar-refractivity contribution < 1.29 is 10.0 Å². The van der Waals surface area contributed by atoms with E-state index in [4.69, 9.17) is 11.6 Å². The summed E-state index contributed by atoms with van der Waals surface area (Å²) in [4.78, 5) is 11.0. The number of rotatable bonds is 3. The van der Waals surface area contributed by atoms with Gasteiger partial charge in [0, 0.05) is 10.9 Å². The van der Waals surface area contributed by atoms with Crippen LogP contribution in [0.25, 0.3) is 5.00 Å². The van der Waals surface area contributed by atoms with Crippen LogP contribution in [0.5, 0.6) is 0 Å². The lowest BCUT2D eigenvalue weighted by Gasteiger charge is -1.97. The summed E-state index contributed by atoms with van der Waals surface area (Å²) in [5.41, 5.74) is 0.507. The highest BCUT2D eigenvalue weighted by molar-refractivity contribution is 7.15. The average molecular weight is 288 g/mol. The molecule has 0 radical (unpaired) electrons. The zero-order valence-electron chi connectivity index (χ0n) is 9.62. The smallest absolute Gasteiger partial charge is 0.306 e. The fourth-order valence-corrected chi connectivity index (χ4v) is 2.55. The second kappa shape index (κ2) is 4.68. The van der Waals surface area contributed by atoms with Gasteiger partial charge in [-0.2, -0.15) is 5.10 Å². The predicted molar refractivity (Wildman–Crippen MR) is 68.5 cm³/mol. The van der Waals surface area contributed by atoms with E-state index < -0.39 is 11.0 Å². The fourth-order valence-electron chi connectivity index (χ4n) is 1.43. The molecule has 0 aliphatic carbocycles. The van der Waals surface area contributed by atoms with Crippen molar-refractivity contribution in [3.8, 4) is 5.00 Å². The van der Waals surface area contributed by atoms with Crippen molar-refractivity contribution in [2.75, 3.05) is 0 Å². The molecule has 1 N–H and O–H groups in total. The molecule has 0 saturated heterocycles. The number of hydrogen-bond donors (Lipinski definition) is 1. The van der Waals surface area contributed by atoms with Crippen molar-refractivity contribution >= 4 is 28.6 Å². The highest BCUT2D eigenvalue weighted by Gasteiger charge is 2.23. The van der Waals surface area contributed by atoms with Gasteiger partial charge >= 0.3 is 5.69 Å². The first-order valence-corrected chi connectivity index (χ1v) is 6.28. The Labute approximate surface area is 112 Å². The molecule has 6 nitrogen and oxygen atoms in total. The minimum atomic E-state index is -0.755. The normalized spacial score (nSPS) is 12.7. The Bertz CT molecular complexity index is 586. The van der Waals surface area contributed by atoms with Gasteiger partial charge in [-0.3, -0.25) is 10.1 Å². The molecule has 0 aromatic carbocycles. The molecule has 0 spiro atoms. The third-order valence-electron chi connectivity index (χ3n) is 2.37. The maximum atomic E-state index is 11.0. The van der Waals surface area contributed by atoms with Crippen LogP contribution in [0.3, 0.4) is 0 Å². The monoisotopic (exact) mass is 287 g/mol. The second-order valence-corrected chi connectivity index (χ2v) is 5.25. The molecule has 0 aliphatic rings. The molecule has 0 amide bonds. The number of aliphatic hydroxyl groups excluding tert-OH is 1. The van der Waals surface area contributed by atoms with Crippen molar-refractivity contribution in [2.24, 2.45) is 0 Å². The Morgan fingerprint density at radius 2 is 2.33 bits per heavy atom. The molecule has 0 aliphatic heterocycles. The van der Waals surface area contributed by atoms with Gasteiger partial charge in [-0.1, -0.05) is 11.6 Å². The minimum Gasteiger partial charge on any atom is -0.388 e. The van der Waals surface area contributed by atoms with E-state index >= 15 is 0 Å². The lowest BCUT2D eigenvalue weighted by molar-refractivity contribution is -0.384. The van der Waals surface area contributed by atoms with Crippen LogP contribution >= 0.6 is 22.9 Å². The lowest BCUT2D eigenvalue weighted by atomic mass is 10.3. The standard InChI is InChI=1S/C10H10ClN3O3S/c1-5-7(11)4-13(12-5)10-8(14(16)17)3-9(18-10)6(2)15/h3-4,6,15H,1-2H3/t6-/m1/s1. The summed E-state index contributed by atoms with van der Waals surface area (Å²) in [6.45, 7) is 3.27. The third-order valence-corrected chi connectivity index (χ3v) is 4.02. The van der Waals surface area contributed by atoms with Crippen LogP contribution in [-0.2, 0) is 0 Å². The van der Waals surface area contributed by atoms with Crippen LogP contribution in [-0.4, -0.2) is 19.8 Å². The van der Waals surface area contributed by atoms with E-state index in [9.17, 15) is 15.2 Å². The summed E-state index contributed by atoms with van der Waals surface area (Å²) in [5.74, 6) is 0. The molecule has 18 heavy (non-hydrogen) atoms. The van der Waals surface area contributed by atoms with Crippen LogP contribution in [0.2, 0.25) is 5.02 Å². The van der Waals surface area contributed by atoms with Gasteiger partial charge < -0.3 is 5.11 Å². The van der Waals surface area contributed by atoms with Gasteiger partial charge in [-0.25, -0.2) is 4.68 Å². The van der Waals surface area contributed by atoms with Gasteiger partial charge in [0.15, 0.2) is 5.00 Å². The molecule has 0 fully saturated rings. The van der Waals surface area contributed by atoms with Crippen molar-refractivity contribution in [3.63, 3.8) is 0 Å². The lowest BCUT2D eigenvalue weighted by Crippen LogP contribution is -1.96. The van der Waals surface area contributed by atoms with Crippen molar-refractivity contribution in [2.45, 2.75) is 20.0 Å². The number of nitro groups is 1. The molecule has 2 aromatic rings. The van der Waals surface area contributed by atoms with Gasteiger partial charge in [0.2, 0.25) is 0 Å². The first-order valence-electron chi connectivity index (χ1n) is 5.08. The molecule has 0 saturated carbocycles. The molecule has 8 heteroatoms. The summed E-state index contributed by atoms with van der Waals surface area (Å²) in [5, 5.41) is 25.3. The first-order chi connectivity index (χ1) is 8.40. The zero-order chi connectivity index (χ0) is 13.4. The molecular formula is C10H10ClN3O3S. The predicted octanol–water partition coefficient (Wildman–Crippen LogP) is 2.86. The number of halogens is 1. The van der Waals surface area contributed by atoms with Crippen LogP contribution < -0.4 is 0 Å². The fraction of sp³-hybridized carbons (Fsp3) is 0.300. The SMILES string of the molecule is Cc1nn(-c2sc([C@@H](C)O)cc2[N+](=O)[O-])cc1Cl. The zero-order valence-corrected chi connectivity index (χ0v) is 11.2. The first kappa shape index (κ1) is 13.0. The topological polar surface area (TPSA) is 81.2 Å². The summed E-state index contributed by atoms with van der Waals surface area (Å²) in [6, 6.07) is 1.36. The van der Waals surface area contributed by atoms with E-state index in [0.29, 0.717) is 20.6 Å². The molecule has 0 bridgehead atoms. The summed E-state index contributed by atoms with van der Waals surface area (Å²) in [7, 11) is 0. The Morgan fingerprint density at radius 3 is 2.78 bits per heavy atom. The van der Waals surface area contributed by atoms with E-state index in [-0.39, 0.29) is 5.69 Å². The molecular weight excluding hydrogens is 278 g/mol. The Morgan fingerprint density at radius 1 is 1.67 bits per heavy atom. The number of aryl methyl sites for hydroxylation is 1. The molecule has 96 valence electrons. The van der Waals surface area contributed by atoms with Crippen molar-refractivity contribution in [1.29, 1.82) is 0 Å². The Balaban J connectivity index is 2.58. The van der Waals surface area contributed by atoms with E-state index in [1.54, 1.807) is 13.8 Å². The largest absolute Gasteiger partial charge is 0.388 e. The molecule has 2 heterocycles. The third kappa shape index (κ3) is 2.24. The molecule has 0 unspecified atom stereocenters. The summed E-state index contributed by atoms with van der Waals surface area (Å²) < 4.78 is 1.37. The average Bonchev–Trinajstić information content (AvgIpc) is 2.83. The number of aromatic nitrogens is 2. The minimum absolute atomic E-state index is 0.0879. The molecule has 1 atom stereocenters. The number of nitrogens with zero attached hydrogens (tertiary/aromatic N) is 3. The quantitative estimate of drug-likeness (QED) is 0.695. The summed E-state index contributed by atoms with van der Waals surface area (Å²) >= 11 is 7.00. The van der Waals surface area contributed by atoms with E-state index in [0.717, 1.165) is 11.3 Å². The maximum absolute atomic E-state index is 11.0. The Kier molecular flexibility index (Phi) is 3.38. The van der Waals surface area contributed by atoms with E-state index in [1.807, 2.05) is 0 Å². The van der Waals surface area contributed by atoms with Crippen LogP contribution in [0.1, 0.15) is 23.6 Å². The highest BCUT2D eigenvalue weighted by Crippen LogP contribution is 2.36. The van der Waals surface area contributed by atoms with Gasteiger partial charge in [0.05, 0.1) is 27.9 Å². The number of thiophene rings is 1. The van der Waals surface area contributed by atoms with Crippen LogP contribution in [0.15, 0.2) is 12.3 Å². The second-order valence-electron chi connectivity index (χ2n) is 3.78. The highest BCUT2D eigenvalue weighted by atomic mass is 35.5. The van der Waals surface area contributed by atoms with E-state index in [1.165, 1.54) is 16.9 Å². The van der Waals surface area contributed by atoms with Crippen LogP contribution in [0.4, 0.5) is 5.69 Å². The Hall–Kier alpha value is -1.44. The van der Waals surface area contributed by atoms with Crippen molar-refractivity contribution in [1.82, 2.24) is 9.78 Å². The summed E-state index contributed by atoms with van der Waals surface area (Å²) in [6.07, 6.45) is 0.760. The number of aliphatic hydroxyl groups is 1. The van der Waals surface area contributed by atoms with Gasteiger partial charge in [-0.15, -0.1) is 11.3 Å². The van der Waals surface area contributed by atoms with Crippen LogP contribution in [0, 0.1) is 17.0 Å². The van der Waals surface area contributed by atoms with E-state index in [2.05, 4.69) is 5.10 Å². The molecule has 2 rings (SSSR count).